The van der Waals surface area contributed by atoms with Gasteiger partial charge in [0.1, 0.15) is 16.7 Å². The van der Waals surface area contributed by atoms with E-state index in [0.29, 0.717) is 22.4 Å². The maximum Gasteiger partial charge on any atom is 0.266 e. The molecule has 2 aromatic carbocycles. The Hall–Kier alpha value is -2.37. The normalized spacial score (nSPS) is 15.6. The molecule has 1 fully saturated rings. The van der Waals surface area contributed by atoms with Gasteiger partial charge in [0, 0.05) is 6.54 Å². The highest BCUT2D eigenvalue weighted by Gasteiger charge is 2.30. The van der Waals surface area contributed by atoms with E-state index in [0.717, 1.165) is 16.9 Å². The van der Waals surface area contributed by atoms with Crippen molar-refractivity contribution < 1.29 is 9.53 Å². The number of rotatable bonds is 6. The molecule has 0 spiro atoms. The van der Waals surface area contributed by atoms with Gasteiger partial charge >= 0.3 is 0 Å². The van der Waals surface area contributed by atoms with E-state index < -0.39 is 0 Å². The van der Waals surface area contributed by atoms with Crippen LogP contribution in [0.4, 0.5) is 0 Å². The number of hydrogen-bond acceptors (Lipinski definition) is 4. The smallest absolute Gasteiger partial charge is 0.266 e. The lowest BCUT2D eigenvalue weighted by molar-refractivity contribution is -0.121. The van der Waals surface area contributed by atoms with Gasteiger partial charge in [0.15, 0.2) is 0 Å². The van der Waals surface area contributed by atoms with Crippen LogP contribution in [0.1, 0.15) is 16.7 Å². The molecule has 1 aliphatic rings. The van der Waals surface area contributed by atoms with Gasteiger partial charge in [-0.3, -0.25) is 9.69 Å². The van der Waals surface area contributed by atoms with Crippen LogP contribution < -0.4 is 4.74 Å². The van der Waals surface area contributed by atoms with E-state index in [1.54, 1.807) is 11.0 Å². The number of benzene rings is 2. The number of amides is 1. The summed E-state index contributed by atoms with van der Waals surface area (Å²) >= 11 is 6.56. The molecule has 3 nitrogen and oxygen atoms in total. The lowest BCUT2D eigenvalue weighted by atomic mass is 10.1. The second-order valence-corrected chi connectivity index (χ2v) is 7.60. The van der Waals surface area contributed by atoms with Crippen molar-refractivity contribution in [3.05, 3.63) is 82.8 Å². The first-order valence-electron chi connectivity index (χ1n) is 8.21. The molecule has 26 heavy (non-hydrogen) atoms. The van der Waals surface area contributed by atoms with Crippen LogP contribution in [0.5, 0.6) is 5.75 Å². The molecular formula is C21H19NO2S2. The van der Waals surface area contributed by atoms with Crippen LogP contribution in [0.25, 0.3) is 6.08 Å². The molecular weight excluding hydrogens is 362 g/mol. The van der Waals surface area contributed by atoms with Crippen molar-refractivity contribution in [3.63, 3.8) is 0 Å². The Balaban J connectivity index is 1.64. The van der Waals surface area contributed by atoms with E-state index >= 15 is 0 Å². The van der Waals surface area contributed by atoms with Crippen molar-refractivity contribution in [2.45, 2.75) is 13.5 Å². The van der Waals surface area contributed by atoms with Crippen molar-refractivity contribution in [1.82, 2.24) is 4.90 Å². The first-order valence-corrected chi connectivity index (χ1v) is 9.44. The van der Waals surface area contributed by atoms with Crippen molar-refractivity contribution in [1.29, 1.82) is 0 Å². The summed E-state index contributed by atoms with van der Waals surface area (Å²) in [6, 6.07) is 16.0. The van der Waals surface area contributed by atoms with Crippen LogP contribution in [-0.4, -0.2) is 21.7 Å². The number of thioether (sulfide) groups is 1. The summed E-state index contributed by atoms with van der Waals surface area (Å²) in [6.45, 7) is 6.69. The van der Waals surface area contributed by atoms with E-state index in [1.807, 2.05) is 30.3 Å². The number of ether oxygens (including phenoxy) is 1. The molecule has 0 N–H and O–H groups in total. The molecule has 1 saturated heterocycles. The minimum absolute atomic E-state index is 0.0698. The molecule has 3 rings (SSSR count). The number of thiocarbonyl (C=S) groups is 1. The molecule has 0 radical (unpaired) electrons. The second-order valence-electron chi connectivity index (χ2n) is 5.92. The molecule has 0 bridgehead atoms. The fourth-order valence-corrected chi connectivity index (χ4v) is 3.72. The maximum absolute atomic E-state index is 12.3. The van der Waals surface area contributed by atoms with Crippen LogP contribution in [0.15, 0.2) is 66.1 Å². The van der Waals surface area contributed by atoms with Gasteiger partial charge in [-0.25, -0.2) is 0 Å². The van der Waals surface area contributed by atoms with Gasteiger partial charge in [0.25, 0.3) is 5.91 Å². The molecule has 132 valence electrons. The fourth-order valence-electron chi connectivity index (χ4n) is 2.45. The van der Waals surface area contributed by atoms with Gasteiger partial charge in [0.2, 0.25) is 0 Å². The van der Waals surface area contributed by atoms with Crippen LogP contribution in [0.3, 0.4) is 0 Å². The molecule has 0 aromatic heterocycles. The van der Waals surface area contributed by atoms with E-state index in [9.17, 15) is 4.79 Å². The van der Waals surface area contributed by atoms with E-state index in [4.69, 9.17) is 17.0 Å². The van der Waals surface area contributed by atoms with Crippen molar-refractivity contribution in [2.75, 3.05) is 6.54 Å². The third-order valence-corrected chi connectivity index (χ3v) is 5.27. The average molecular weight is 382 g/mol. The van der Waals surface area contributed by atoms with Gasteiger partial charge in [-0.15, -0.1) is 6.58 Å². The molecule has 1 heterocycles. The number of carbonyl (C=O) groups excluding carboxylic acids is 1. The Morgan fingerprint density at radius 1 is 1.15 bits per heavy atom. The SMILES string of the molecule is C=CCN1C(=O)C(=Cc2ccc(OCc3ccc(C)cc3)cc2)SC1=S. The van der Waals surface area contributed by atoms with Crippen LogP contribution in [-0.2, 0) is 11.4 Å². The van der Waals surface area contributed by atoms with Gasteiger partial charge in [-0.2, -0.15) is 0 Å². The molecule has 1 amide bonds. The lowest BCUT2D eigenvalue weighted by Gasteiger charge is -2.10. The molecule has 5 heteroatoms. The number of nitrogens with zero attached hydrogens (tertiary/aromatic N) is 1. The van der Waals surface area contributed by atoms with Crippen LogP contribution >= 0.6 is 24.0 Å². The summed E-state index contributed by atoms with van der Waals surface area (Å²) in [5.74, 6) is 0.724. The lowest BCUT2D eigenvalue weighted by Crippen LogP contribution is -2.27. The van der Waals surface area contributed by atoms with E-state index in [-0.39, 0.29) is 5.91 Å². The van der Waals surface area contributed by atoms with Crippen molar-refractivity contribution in [2.24, 2.45) is 0 Å². The minimum atomic E-state index is -0.0698. The third kappa shape index (κ3) is 4.42. The highest BCUT2D eigenvalue weighted by molar-refractivity contribution is 8.26. The zero-order valence-corrected chi connectivity index (χ0v) is 16.1. The van der Waals surface area contributed by atoms with Gasteiger partial charge in [-0.1, -0.05) is 72.0 Å². The summed E-state index contributed by atoms with van der Waals surface area (Å²) in [5.41, 5.74) is 3.30. The molecule has 1 aliphatic heterocycles. The van der Waals surface area contributed by atoms with Gasteiger partial charge < -0.3 is 4.74 Å². The monoisotopic (exact) mass is 381 g/mol. The van der Waals surface area contributed by atoms with E-state index in [2.05, 4.69) is 37.8 Å². The zero-order valence-electron chi connectivity index (χ0n) is 14.5. The second kappa shape index (κ2) is 8.34. The largest absolute Gasteiger partial charge is 0.489 e. The zero-order chi connectivity index (χ0) is 18.5. The molecule has 0 unspecified atom stereocenters. The average Bonchev–Trinajstić information content (AvgIpc) is 2.90. The fraction of sp³-hybridized carbons (Fsp3) is 0.143. The predicted molar refractivity (Wildman–Crippen MR) is 112 cm³/mol. The first kappa shape index (κ1) is 18.4. The standard InChI is InChI=1S/C21H19NO2S2/c1-3-12-22-20(23)19(26-21(22)25)13-16-8-10-18(11-9-16)24-14-17-6-4-15(2)5-7-17/h3-11,13H,1,12,14H2,2H3. The van der Waals surface area contributed by atoms with E-state index in [1.165, 1.54) is 17.3 Å². The highest BCUT2D eigenvalue weighted by atomic mass is 32.2. The van der Waals surface area contributed by atoms with Crippen LogP contribution in [0, 0.1) is 6.92 Å². The van der Waals surface area contributed by atoms with Gasteiger partial charge in [-0.05, 0) is 36.3 Å². The number of carbonyl (C=O) groups is 1. The summed E-state index contributed by atoms with van der Waals surface area (Å²) < 4.78 is 6.38. The Morgan fingerprint density at radius 2 is 1.85 bits per heavy atom. The summed E-state index contributed by atoms with van der Waals surface area (Å²) in [4.78, 5) is 14.5. The van der Waals surface area contributed by atoms with Crippen molar-refractivity contribution >= 4 is 40.3 Å². The topological polar surface area (TPSA) is 29.5 Å². The molecule has 2 aromatic rings. The minimum Gasteiger partial charge on any atom is -0.489 e. The van der Waals surface area contributed by atoms with Crippen LogP contribution in [0.2, 0.25) is 0 Å². The quantitative estimate of drug-likeness (QED) is 0.402. The Labute approximate surface area is 163 Å². The van der Waals surface area contributed by atoms with Crippen molar-refractivity contribution in [3.8, 4) is 5.75 Å². The summed E-state index contributed by atoms with van der Waals surface area (Å²) in [5, 5.41) is 0. The number of aryl methyl sites for hydroxylation is 1. The number of hydrogen-bond donors (Lipinski definition) is 0. The maximum atomic E-state index is 12.3. The van der Waals surface area contributed by atoms with Gasteiger partial charge in [0.05, 0.1) is 4.91 Å². The Bertz CT molecular complexity index is 855. The Kier molecular flexibility index (Phi) is 5.91. The third-order valence-electron chi connectivity index (χ3n) is 3.89. The first-order chi connectivity index (χ1) is 12.6. The molecule has 0 aliphatic carbocycles. The molecule has 0 saturated carbocycles. The predicted octanol–water partition coefficient (Wildman–Crippen LogP) is 4.96. The summed E-state index contributed by atoms with van der Waals surface area (Å²) in [7, 11) is 0. The molecule has 0 atom stereocenters. The highest BCUT2D eigenvalue weighted by Crippen LogP contribution is 2.32. The Morgan fingerprint density at radius 3 is 2.50 bits per heavy atom. The summed E-state index contributed by atoms with van der Waals surface area (Å²) in [6.07, 6.45) is 3.53.